The van der Waals surface area contributed by atoms with Crippen LogP contribution in [0.2, 0.25) is 0 Å². The molecule has 0 radical (unpaired) electrons. The number of carbonyl (C=O) groups is 3. The van der Waals surface area contributed by atoms with E-state index >= 15 is 0 Å². The summed E-state index contributed by atoms with van der Waals surface area (Å²) in [5, 5.41) is 1.70. The molecule has 2 N–H and O–H groups in total. The molecule has 1 aliphatic heterocycles. The predicted molar refractivity (Wildman–Crippen MR) is 92.8 cm³/mol. The molecule has 0 bridgehead atoms. The van der Waals surface area contributed by atoms with Crippen LogP contribution in [0, 0.1) is 0 Å². The number of primary amides is 1. The van der Waals surface area contributed by atoms with Gasteiger partial charge in [0.1, 0.15) is 6.04 Å². The van der Waals surface area contributed by atoms with Gasteiger partial charge in [-0.15, -0.1) is 0 Å². The first-order valence-electron chi connectivity index (χ1n) is 8.31. The maximum absolute atomic E-state index is 12.4. The van der Waals surface area contributed by atoms with E-state index < -0.39 is 30.4 Å². The summed E-state index contributed by atoms with van der Waals surface area (Å²) in [4.78, 5) is 37.6. The number of carbonyl (C=O) groups excluding carboxylic acids is 3. The quantitative estimate of drug-likeness (QED) is 0.860. The minimum absolute atomic E-state index is 0.392. The van der Waals surface area contributed by atoms with E-state index in [0.717, 1.165) is 23.6 Å². The van der Waals surface area contributed by atoms with Gasteiger partial charge in [0.05, 0.1) is 5.56 Å². The number of ether oxygens (including phenoxy) is 1. The van der Waals surface area contributed by atoms with Gasteiger partial charge in [-0.2, -0.15) is 0 Å². The third-order valence-electron chi connectivity index (χ3n) is 4.49. The Morgan fingerprint density at radius 2 is 1.84 bits per heavy atom. The number of fused-ring (bicyclic) bond motifs is 1. The number of benzene rings is 2. The second kappa shape index (κ2) is 7.34. The fourth-order valence-corrected chi connectivity index (χ4v) is 3.22. The number of likely N-dealkylation sites (tertiary alicyclic amines) is 1. The molecule has 0 spiro atoms. The molecule has 25 heavy (non-hydrogen) atoms. The highest BCUT2D eigenvalue weighted by Crippen LogP contribution is 2.20. The van der Waals surface area contributed by atoms with Crippen molar-refractivity contribution in [3.8, 4) is 0 Å². The molecular weight excluding hydrogens is 320 g/mol. The third-order valence-corrected chi connectivity index (χ3v) is 4.49. The molecule has 0 saturated carbocycles. The largest absolute Gasteiger partial charge is 0.452 e. The van der Waals surface area contributed by atoms with Crippen LogP contribution in [0.5, 0.6) is 0 Å². The van der Waals surface area contributed by atoms with Gasteiger partial charge < -0.3 is 15.4 Å². The van der Waals surface area contributed by atoms with Crippen molar-refractivity contribution in [3.63, 3.8) is 0 Å². The van der Waals surface area contributed by atoms with Crippen molar-refractivity contribution in [3.05, 3.63) is 48.0 Å². The molecule has 130 valence electrons. The van der Waals surface area contributed by atoms with E-state index in [1.807, 2.05) is 30.3 Å². The summed E-state index contributed by atoms with van der Waals surface area (Å²) in [5.41, 5.74) is 5.78. The second-order valence-electron chi connectivity index (χ2n) is 6.10. The van der Waals surface area contributed by atoms with Crippen molar-refractivity contribution in [1.82, 2.24) is 4.90 Å². The topological polar surface area (TPSA) is 89.7 Å². The number of amides is 2. The Morgan fingerprint density at radius 1 is 1.08 bits per heavy atom. The van der Waals surface area contributed by atoms with Gasteiger partial charge in [0.15, 0.2) is 6.61 Å². The lowest BCUT2D eigenvalue weighted by molar-refractivity contribution is -0.143. The van der Waals surface area contributed by atoms with Crippen molar-refractivity contribution < 1.29 is 19.1 Å². The highest BCUT2D eigenvalue weighted by atomic mass is 16.5. The second-order valence-corrected chi connectivity index (χ2v) is 6.10. The first kappa shape index (κ1) is 17.0. The minimum Gasteiger partial charge on any atom is -0.452 e. The van der Waals surface area contributed by atoms with E-state index in [2.05, 4.69) is 0 Å². The van der Waals surface area contributed by atoms with E-state index in [1.165, 1.54) is 4.90 Å². The Morgan fingerprint density at radius 3 is 2.64 bits per heavy atom. The fraction of sp³-hybridized carbons (Fsp3) is 0.316. The number of esters is 1. The van der Waals surface area contributed by atoms with Crippen LogP contribution in [0.4, 0.5) is 0 Å². The van der Waals surface area contributed by atoms with Crippen LogP contribution in [-0.4, -0.2) is 41.9 Å². The lowest BCUT2D eigenvalue weighted by atomic mass is 10.0. The summed E-state index contributed by atoms with van der Waals surface area (Å²) in [6, 6.07) is 12.2. The minimum atomic E-state index is -0.613. The lowest BCUT2D eigenvalue weighted by Crippen LogP contribution is -2.51. The number of hydrogen-bond acceptors (Lipinski definition) is 4. The first-order valence-corrected chi connectivity index (χ1v) is 8.31. The molecule has 1 heterocycles. The van der Waals surface area contributed by atoms with Crippen molar-refractivity contribution in [2.45, 2.75) is 25.3 Å². The Hall–Kier alpha value is -2.89. The van der Waals surface area contributed by atoms with Crippen molar-refractivity contribution in [2.75, 3.05) is 13.2 Å². The molecule has 6 nitrogen and oxygen atoms in total. The monoisotopic (exact) mass is 340 g/mol. The normalized spacial score (nSPS) is 17.3. The maximum atomic E-state index is 12.4. The van der Waals surface area contributed by atoms with E-state index in [1.54, 1.807) is 12.1 Å². The van der Waals surface area contributed by atoms with E-state index in [4.69, 9.17) is 10.5 Å². The molecule has 2 aromatic carbocycles. The summed E-state index contributed by atoms with van der Waals surface area (Å²) in [6.07, 6.45) is 2.22. The smallest absolute Gasteiger partial charge is 0.339 e. The summed E-state index contributed by atoms with van der Waals surface area (Å²) < 4.78 is 5.20. The van der Waals surface area contributed by atoms with Gasteiger partial charge in [0.25, 0.3) is 5.91 Å². The van der Waals surface area contributed by atoms with Gasteiger partial charge in [-0.25, -0.2) is 4.79 Å². The molecule has 6 heteroatoms. The van der Waals surface area contributed by atoms with E-state index in [0.29, 0.717) is 18.5 Å². The zero-order chi connectivity index (χ0) is 17.8. The highest BCUT2D eigenvalue weighted by molar-refractivity contribution is 6.05. The molecular formula is C19H20N2O4. The Labute approximate surface area is 145 Å². The van der Waals surface area contributed by atoms with Crippen LogP contribution in [-0.2, 0) is 14.3 Å². The fourth-order valence-electron chi connectivity index (χ4n) is 3.22. The van der Waals surface area contributed by atoms with E-state index in [9.17, 15) is 14.4 Å². The summed E-state index contributed by atoms with van der Waals surface area (Å²) in [5.74, 6) is -1.47. The predicted octanol–water partition coefficient (Wildman–Crippen LogP) is 1.86. The molecule has 2 aromatic rings. The van der Waals surface area contributed by atoms with Gasteiger partial charge in [-0.05, 0) is 36.1 Å². The Bertz CT molecular complexity index is 813. The Balaban J connectivity index is 1.69. The lowest BCUT2D eigenvalue weighted by Gasteiger charge is -2.33. The molecule has 1 fully saturated rings. The SMILES string of the molecule is NC(=O)[C@H]1CCCCN1C(=O)COC(=O)c1cccc2ccccc12. The molecule has 1 atom stereocenters. The molecule has 0 aromatic heterocycles. The van der Waals surface area contributed by atoms with Crippen LogP contribution >= 0.6 is 0 Å². The molecule has 3 rings (SSSR count). The zero-order valence-electron chi connectivity index (χ0n) is 13.8. The molecule has 0 unspecified atom stereocenters. The number of nitrogens with zero attached hydrogens (tertiary/aromatic N) is 1. The van der Waals surface area contributed by atoms with Crippen LogP contribution in [0.1, 0.15) is 29.6 Å². The molecule has 0 aliphatic carbocycles. The van der Waals surface area contributed by atoms with Crippen LogP contribution in [0.3, 0.4) is 0 Å². The van der Waals surface area contributed by atoms with Crippen LogP contribution in [0.25, 0.3) is 10.8 Å². The Kier molecular flexibility index (Phi) is 4.97. The zero-order valence-corrected chi connectivity index (χ0v) is 13.8. The van der Waals surface area contributed by atoms with Gasteiger partial charge in [0, 0.05) is 6.54 Å². The molecule has 2 amide bonds. The van der Waals surface area contributed by atoms with Gasteiger partial charge in [-0.1, -0.05) is 36.4 Å². The average Bonchev–Trinajstić information content (AvgIpc) is 2.65. The molecule has 1 aliphatic rings. The third kappa shape index (κ3) is 3.63. The number of rotatable bonds is 4. The number of piperidine rings is 1. The van der Waals surface area contributed by atoms with Gasteiger partial charge in [0.2, 0.25) is 5.91 Å². The summed E-state index contributed by atoms with van der Waals surface area (Å²) >= 11 is 0. The molecule has 1 saturated heterocycles. The van der Waals surface area contributed by atoms with Crippen LogP contribution < -0.4 is 5.73 Å². The van der Waals surface area contributed by atoms with Crippen LogP contribution in [0.15, 0.2) is 42.5 Å². The van der Waals surface area contributed by atoms with Crippen molar-refractivity contribution >= 4 is 28.6 Å². The first-order chi connectivity index (χ1) is 12.1. The maximum Gasteiger partial charge on any atom is 0.339 e. The highest BCUT2D eigenvalue weighted by Gasteiger charge is 2.31. The van der Waals surface area contributed by atoms with Gasteiger partial charge in [-0.3, -0.25) is 9.59 Å². The number of nitrogens with two attached hydrogens (primary N) is 1. The van der Waals surface area contributed by atoms with Gasteiger partial charge >= 0.3 is 5.97 Å². The van der Waals surface area contributed by atoms with Crippen molar-refractivity contribution in [1.29, 1.82) is 0 Å². The summed E-state index contributed by atoms with van der Waals surface area (Å²) in [6.45, 7) is 0.0596. The van der Waals surface area contributed by atoms with Crippen molar-refractivity contribution in [2.24, 2.45) is 5.73 Å². The summed E-state index contributed by atoms with van der Waals surface area (Å²) in [7, 11) is 0. The average molecular weight is 340 g/mol. The van der Waals surface area contributed by atoms with E-state index in [-0.39, 0.29) is 0 Å². The number of hydrogen-bond donors (Lipinski definition) is 1. The standard InChI is InChI=1S/C19H20N2O4/c20-18(23)16-10-3-4-11-21(16)17(22)12-25-19(24)15-9-5-7-13-6-1-2-8-14(13)15/h1-2,5-9,16H,3-4,10-12H2,(H2,20,23)/t16-/m1/s1.